The van der Waals surface area contributed by atoms with Gasteiger partial charge in [0.25, 0.3) is 0 Å². The van der Waals surface area contributed by atoms with Gasteiger partial charge in [-0.3, -0.25) is 5.43 Å². The molecule has 0 fully saturated rings. The van der Waals surface area contributed by atoms with E-state index >= 15 is 0 Å². The monoisotopic (exact) mass is 245 g/mol. The molecule has 0 saturated heterocycles. The van der Waals surface area contributed by atoms with Gasteiger partial charge in [0.15, 0.2) is 5.82 Å². The topological polar surface area (TPSA) is 92.3 Å². The minimum absolute atomic E-state index is 0.268. The Balaban J connectivity index is 2.10. The highest BCUT2D eigenvalue weighted by Crippen LogP contribution is 2.14. The molecule has 1 aromatic heterocycles. The minimum atomic E-state index is -0.535. The van der Waals surface area contributed by atoms with Gasteiger partial charge in [-0.05, 0) is 12.1 Å². The number of benzene rings is 1. The number of nitrogens with zero attached hydrogens (tertiary/aromatic N) is 3. The van der Waals surface area contributed by atoms with E-state index in [1.807, 2.05) is 24.3 Å². The van der Waals surface area contributed by atoms with Gasteiger partial charge in [-0.2, -0.15) is 15.2 Å². The maximum absolute atomic E-state index is 10.9. The highest BCUT2D eigenvalue weighted by molar-refractivity contribution is 5.83. The molecule has 0 spiro atoms. The zero-order chi connectivity index (χ0) is 12.8. The van der Waals surface area contributed by atoms with Crippen LogP contribution in [0.25, 0.3) is 0 Å². The van der Waals surface area contributed by atoms with E-state index in [0.29, 0.717) is 5.75 Å². The zero-order valence-corrected chi connectivity index (χ0v) is 9.62. The van der Waals surface area contributed by atoms with Crippen molar-refractivity contribution in [1.82, 2.24) is 15.2 Å². The van der Waals surface area contributed by atoms with Crippen LogP contribution in [-0.4, -0.2) is 28.5 Å². The lowest BCUT2D eigenvalue weighted by atomic mass is 10.2. The highest BCUT2D eigenvalue weighted by Gasteiger charge is 1.97. The van der Waals surface area contributed by atoms with E-state index in [4.69, 9.17) is 4.74 Å². The number of rotatable bonds is 4. The number of hydrazone groups is 1. The molecule has 2 N–H and O–H groups in total. The molecule has 0 bridgehead atoms. The fourth-order valence-corrected chi connectivity index (χ4v) is 1.31. The summed E-state index contributed by atoms with van der Waals surface area (Å²) in [5.74, 6) is 0.977. The van der Waals surface area contributed by atoms with Crippen molar-refractivity contribution in [3.63, 3.8) is 0 Å². The second-order valence-electron chi connectivity index (χ2n) is 3.28. The van der Waals surface area contributed by atoms with Crippen LogP contribution < -0.4 is 15.9 Å². The van der Waals surface area contributed by atoms with Gasteiger partial charge in [0, 0.05) is 5.56 Å². The lowest BCUT2D eigenvalue weighted by Crippen LogP contribution is -2.13. The number of hydrogen-bond donors (Lipinski definition) is 2. The quantitative estimate of drug-likeness (QED) is 0.608. The maximum Gasteiger partial charge on any atom is 0.363 e. The number of hydrogen-bond acceptors (Lipinski definition) is 6. The molecule has 1 aromatic carbocycles. The Morgan fingerprint density at radius 2 is 2.28 bits per heavy atom. The Morgan fingerprint density at radius 3 is 3.06 bits per heavy atom. The van der Waals surface area contributed by atoms with Gasteiger partial charge in [0.1, 0.15) is 5.75 Å². The van der Waals surface area contributed by atoms with Gasteiger partial charge in [0.05, 0.1) is 19.5 Å². The predicted octanol–water partition coefficient (Wildman–Crippen LogP) is 0.619. The molecule has 7 nitrogen and oxygen atoms in total. The van der Waals surface area contributed by atoms with Gasteiger partial charge in [-0.15, -0.1) is 0 Å². The zero-order valence-electron chi connectivity index (χ0n) is 9.62. The van der Waals surface area contributed by atoms with Crippen molar-refractivity contribution in [2.45, 2.75) is 0 Å². The predicted molar refractivity (Wildman–Crippen MR) is 66.9 cm³/mol. The first-order chi connectivity index (χ1) is 8.79. The molecule has 0 aliphatic rings. The molecule has 0 aliphatic heterocycles. The summed E-state index contributed by atoms with van der Waals surface area (Å²) in [5.41, 5.74) is 2.88. The Bertz CT molecular complexity index is 608. The molecule has 18 heavy (non-hydrogen) atoms. The van der Waals surface area contributed by atoms with E-state index in [-0.39, 0.29) is 5.82 Å². The normalized spacial score (nSPS) is 10.5. The summed E-state index contributed by atoms with van der Waals surface area (Å²) in [7, 11) is 1.59. The van der Waals surface area contributed by atoms with Crippen molar-refractivity contribution in [3.05, 3.63) is 46.5 Å². The van der Waals surface area contributed by atoms with Crippen LogP contribution in [-0.2, 0) is 0 Å². The molecule has 92 valence electrons. The van der Waals surface area contributed by atoms with Crippen LogP contribution in [0.15, 0.2) is 40.4 Å². The van der Waals surface area contributed by atoms with Gasteiger partial charge < -0.3 is 4.74 Å². The Kier molecular flexibility index (Phi) is 3.65. The van der Waals surface area contributed by atoms with Crippen LogP contribution in [0.4, 0.5) is 5.82 Å². The molecule has 2 rings (SSSR count). The molecule has 2 aromatic rings. The average molecular weight is 245 g/mol. The number of anilines is 1. The van der Waals surface area contributed by atoms with E-state index in [0.717, 1.165) is 5.56 Å². The number of aromatic nitrogens is 3. The third-order valence-corrected chi connectivity index (χ3v) is 2.09. The van der Waals surface area contributed by atoms with E-state index in [1.54, 1.807) is 13.3 Å². The first-order valence-electron chi connectivity index (χ1n) is 5.13. The second kappa shape index (κ2) is 5.58. The molecule has 0 aliphatic carbocycles. The Labute approximate surface area is 103 Å². The number of aromatic amines is 1. The SMILES string of the molecule is COc1ccccc1/C=N/Nc1cn[nH]c(=O)n1. The van der Waals surface area contributed by atoms with Crippen molar-refractivity contribution in [1.29, 1.82) is 0 Å². The molecule has 0 saturated carbocycles. The average Bonchev–Trinajstić information content (AvgIpc) is 2.39. The summed E-state index contributed by atoms with van der Waals surface area (Å²) in [6.45, 7) is 0. The summed E-state index contributed by atoms with van der Waals surface area (Å²) in [5, 5.41) is 9.70. The van der Waals surface area contributed by atoms with Crippen molar-refractivity contribution in [2.75, 3.05) is 12.5 Å². The lowest BCUT2D eigenvalue weighted by molar-refractivity contribution is 0.414. The van der Waals surface area contributed by atoms with E-state index in [1.165, 1.54) is 6.20 Å². The number of ether oxygens (including phenoxy) is 1. The summed E-state index contributed by atoms with van der Waals surface area (Å²) in [4.78, 5) is 14.5. The van der Waals surface area contributed by atoms with Gasteiger partial charge in [-0.25, -0.2) is 9.89 Å². The molecule has 0 radical (unpaired) electrons. The third kappa shape index (κ3) is 2.91. The molecular weight excluding hydrogens is 234 g/mol. The largest absolute Gasteiger partial charge is 0.496 e. The fraction of sp³-hybridized carbons (Fsp3) is 0.0909. The van der Waals surface area contributed by atoms with Crippen LogP contribution in [0.5, 0.6) is 5.75 Å². The second-order valence-corrected chi connectivity index (χ2v) is 3.28. The lowest BCUT2D eigenvalue weighted by Gasteiger charge is -2.02. The van der Waals surface area contributed by atoms with E-state index in [2.05, 4.69) is 25.7 Å². The molecule has 0 atom stereocenters. The first-order valence-corrected chi connectivity index (χ1v) is 5.13. The summed E-state index contributed by atoms with van der Waals surface area (Å²) < 4.78 is 5.17. The molecule has 0 unspecified atom stereocenters. The van der Waals surface area contributed by atoms with Crippen LogP contribution in [0.2, 0.25) is 0 Å². The van der Waals surface area contributed by atoms with Crippen LogP contribution >= 0.6 is 0 Å². The number of H-pyrrole nitrogens is 1. The van der Waals surface area contributed by atoms with Gasteiger partial charge >= 0.3 is 5.69 Å². The smallest absolute Gasteiger partial charge is 0.363 e. The number of methoxy groups -OCH3 is 1. The molecular formula is C11H11N5O2. The number of para-hydroxylation sites is 1. The van der Waals surface area contributed by atoms with Gasteiger partial charge in [0.2, 0.25) is 0 Å². The maximum atomic E-state index is 10.9. The fourth-order valence-electron chi connectivity index (χ4n) is 1.31. The Morgan fingerprint density at radius 1 is 1.44 bits per heavy atom. The van der Waals surface area contributed by atoms with E-state index < -0.39 is 5.69 Å². The van der Waals surface area contributed by atoms with Gasteiger partial charge in [-0.1, -0.05) is 12.1 Å². The van der Waals surface area contributed by atoms with Crippen molar-refractivity contribution in [3.8, 4) is 5.75 Å². The van der Waals surface area contributed by atoms with Crippen molar-refractivity contribution < 1.29 is 4.74 Å². The molecule has 7 heteroatoms. The third-order valence-electron chi connectivity index (χ3n) is 2.09. The first kappa shape index (κ1) is 11.8. The molecule has 1 heterocycles. The Hall–Kier alpha value is -2.70. The van der Waals surface area contributed by atoms with E-state index in [9.17, 15) is 4.79 Å². The van der Waals surface area contributed by atoms with Crippen molar-refractivity contribution in [2.24, 2.45) is 5.10 Å². The number of nitrogens with one attached hydrogen (secondary N) is 2. The van der Waals surface area contributed by atoms with Crippen LogP contribution in [0.3, 0.4) is 0 Å². The minimum Gasteiger partial charge on any atom is -0.496 e. The standard InChI is InChI=1S/C11H11N5O2/c1-18-9-5-3-2-4-8(9)6-12-15-10-7-13-16-11(17)14-10/h2-7H,1H3,(H2,14,15,16,17)/b12-6+. The summed E-state index contributed by atoms with van der Waals surface area (Å²) in [6, 6.07) is 7.42. The summed E-state index contributed by atoms with van der Waals surface area (Å²) in [6.07, 6.45) is 2.93. The van der Waals surface area contributed by atoms with Crippen LogP contribution in [0, 0.1) is 0 Å². The van der Waals surface area contributed by atoms with Crippen LogP contribution in [0.1, 0.15) is 5.56 Å². The highest BCUT2D eigenvalue weighted by atomic mass is 16.5. The van der Waals surface area contributed by atoms with Crippen molar-refractivity contribution >= 4 is 12.0 Å². The summed E-state index contributed by atoms with van der Waals surface area (Å²) >= 11 is 0. The molecule has 0 amide bonds.